The van der Waals surface area contributed by atoms with Gasteiger partial charge in [0.25, 0.3) is 0 Å². The van der Waals surface area contributed by atoms with Gasteiger partial charge >= 0.3 is 0 Å². The fraction of sp³-hybridized carbons (Fsp3) is 0.643. The molecule has 0 amide bonds. The molecule has 1 nitrogen and oxygen atoms in total. The molecule has 0 spiro atoms. The third-order valence-electron chi connectivity index (χ3n) is 3.87. The van der Waals surface area contributed by atoms with Crippen molar-refractivity contribution < 1.29 is 0 Å². The molecule has 15 heavy (non-hydrogen) atoms. The van der Waals surface area contributed by atoms with Crippen LogP contribution in [0.1, 0.15) is 60.7 Å². The second-order valence-electron chi connectivity index (χ2n) is 5.24. The minimum atomic E-state index is 0.687. The molecule has 1 heteroatoms. The summed E-state index contributed by atoms with van der Waals surface area (Å²) in [5.74, 6) is 0.687. The molecule has 0 fully saturated rings. The number of hydrogen-bond donors (Lipinski definition) is 0. The molecule has 3 rings (SSSR count). The molecule has 80 valence electrons. The van der Waals surface area contributed by atoms with Gasteiger partial charge in [-0.15, -0.1) is 0 Å². The minimum absolute atomic E-state index is 0.687. The quantitative estimate of drug-likeness (QED) is 0.680. The maximum atomic E-state index is 4.88. The van der Waals surface area contributed by atoms with Gasteiger partial charge in [0, 0.05) is 11.4 Å². The molecule has 0 aliphatic heterocycles. The van der Waals surface area contributed by atoms with Crippen LogP contribution >= 0.6 is 0 Å². The number of aromatic nitrogens is 1. The van der Waals surface area contributed by atoms with Crippen LogP contribution in [0.25, 0.3) is 0 Å². The Labute approximate surface area is 91.9 Å². The summed E-state index contributed by atoms with van der Waals surface area (Å²) in [7, 11) is 0. The van der Waals surface area contributed by atoms with Crippen molar-refractivity contribution in [1.29, 1.82) is 0 Å². The fourth-order valence-corrected chi connectivity index (χ4v) is 3.32. The van der Waals surface area contributed by atoms with Gasteiger partial charge in [0.2, 0.25) is 0 Å². The third-order valence-corrected chi connectivity index (χ3v) is 3.87. The molecule has 0 bridgehead atoms. The molecule has 1 heterocycles. The highest BCUT2D eigenvalue weighted by atomic mass is 14.7. The molecule has 0 aromatic carbocycles. The Morgan fingerprint density at radius 3 is 1.87 bits per heavy atom. The molecule has 0 N–H and O–H groups in total. The topological polar surface area (TPSA) is 12.9 Å². The first-order valence-electron chi connectivity index (χ1n) is 6.30. The van der Waals surface area contributed by atoms with Gasteiger partial charge in [0.1, 0.15) is 0 Å². The monoisotopic (exact) mass is 201 g/mol. The first-order valence-corrected chi connectivity index (χ1v) is 6.30. The van der Waals surface area contributed by atoms with Crippen molar-refractivity contribution in [3.05, 3.63) is 28.1 Å². The number of rotatable bonds is 1. The van der Waals surface area contributed by atoms with E-state index in [-0.39, 0.29) is 0 Å². The second-order valence-corrected chi connectivity index (χ2v) is 5.24. The number of aryl methyl sites for hydroxylation is 2. The van der Waals surface area contributed by atoms with Gasteiger partial charge in [0.05, 0.1) is 0 Å². The lowest BCUT2D eigenvalue weighted by molar-refractivity contribution is 0.815. The number of hydrogen-bond acceptors (Lipinski definition) is 1. The van der Waals surface area contributed by atoms with Crippen molar-refractivity contribution in [1.82, 2.24) is 4.98 Å². The van der Waals surface area contributed by atoms with Gasteiger partial charge in [-0.1, -0.05) is 13.8 Å². The highest BCUT2D eigenvalue weighted by Gasteiger charge is 2.26. The first kappa shape index (κ1) is 9.38. The molecule has 2 aliphatic rings. The summed E-state index contributed by atoms with van der Waals surface area (Å²) in [6, 6.07) is 0. The van der Waals surface area contributed by atoms with Gasteiger partial charge in [-0.25, -0.2) is 0 Å². The predicted octanol–water partition coefficient (Wildman–Crippen LogP) is 3.18. The lowest BCUT2D eigenvalue weighted by Crippen LogP contribution is -2.05. The van der Waals surface area contributed by atoms with Gasteiger partial charge < -0.3 is 0 Å². The van der Waals surface area contributed by atoms with Crippen LogP contribution in [0.15, 0.2) is 0 Å². The zero-order valence-electron chi connectivity index (χ0n) is 9.77. The van der Waals surface area contributed by atoms with Crippen molar-refractivity contribution in [3.63, 3.8) is 0 Å². The Bertz CT molecular complexity index is 372. The van der Waals surface area contributed by atoms with Gasteiger partial charge in [-0.3, -0.25) is 4.98 Å². The Morgan fingerprint density at radius 2 is 1.40 bits per heavy atom. The largest absolute Gasteiger partial charge is 0.257 e. The van der Waals surface area contributed by atoms with E-state index in [0.29, 0.717) is 5.92 Å². The maximum absolute atomic E-state index is 4.88. The Balaban J connectivity index is 2.25. The summed E-state index contributed by atoms with van der Waals surface area (Å²) >= 11 is 0. The fourth-order valence-electron chi connectivity index (χ4n) is 3.32. The second kappa shape index (κ2) is 3.33. The lowest BCUT2D eigenvalue weighted by Gasteiger charge is -2.17. The molecule has 2 aliphatic carbocycles. The third kappa shape index (κ3) is 1.32. The van der Waals surface area contributed by atoms with Gasteiger partial charge in [-0.05, 0) is 61.1 Å². The molecule has 0 unspecified atom stereocenters. The van der Waals surface area contributed by atoms with E-state index in [2.05, 4.69) is 13.8 Å². The molecule has 0 radical (unpaired) electrons. The molecule has 1 aromatic rings. The first-order chi connectivity index (χ1) is 7.27. The summed E-state index contributed by atoms with van der Waals surface area (Å²) in [5, 5.41) is 0. The minimum Gasteiger partial charge on any atom is -0.257 e. The van der Waals surface area contributed by atoms with Crippen LogP contribution in [-0.4, -0.2) is 4.98 Å². The molecule has 0 saturated carbocycles. The van der Waals surface area contributed by atoms with E-state index in [1.165, 1.54) is 49.9 Å². The average molecular weight is 201 g/mol. The van der Waals surface area contributed by atoms with E-state index < -0.39 is 0 Å². The Hall–Kier alpha value is -0.850. The summed E-state index contributed by atoms with van der Waals surface area (Å²) in [4.78, 5) is 4.88. The van der Waals surface area contributed by atoms with Gasteiger partial charge in [-0.2, -0.15) is 0 Å². The van der Waals surface area contributed by atoms with Crippen LogP contribution in [0.4, 0.5) is 0 Å². The number of pyridine rings is 1. The van der Waals surface area contributed by atoms with Crippen LogP contribution < -0.4 is 0 Å². The normalized spacial score (nSPS) is 18.3. The van der Waals surface area contributed by atoms with E-state index in [1.54, 1.807) is 16.7 Å². The van der Waals surface area contributed by atoms with E-state index in [9.17, 15) is 0 Å². The zero-order valence-corrected chi connectivity index (χ0v) is 9.77. The standard InChI is InChI=1S/C14H19N/c1-9(2)14-10-5-3-7-12(10)15-13-8-4-6-11(13)14/h9H,3-8H2,1-2H3. The molecule has 1 aromatic heterocycles. The number of fused-ring (bicyclic) bond motifs is 2. The van der Waals surface area contributed by atoms with E-state index in [4.69, 9.17) is 4.98 Å². The smallest absolute Gasteiger partial charge is 0.0442 e. The van der Waals surface area contributed by atoms with E-state index in [0.717, 1.165) is 0 Å². The molecule has 0 atom stereocenters. The van der Waals surface area contributed by atoms with Crippen LogP contribution in [-0.2, 0) is 25.7 Å². The average Bonchev–Trinajstić information content (AvgIpc) is 2.79. The number of nitrogens with zero attached hydrogens (tertiary/aromatic N) is 1. The van der Waals surface area contributed by atoms with Crippen molar-refractivity contribution in [2.75, 3.05) is 0 Å². The van der Waals surface area contributed by atoms with Crippen LogP contribution in [0.5, 0.6) is 0 Å². The van der Waals surface area contributed by atoms with Gasteiger partial charge in [0.15, 0.2) is 0 Å². The highest BCUT2D eigenvalue weighted by Crippen LogP contribution is 2.36. The zero-order chi connectivity index (χ0) is 10.4. The predicted molar refractivity (Wildman–Crippen MR) is 62.4 cm³/mol. The molecular formula is C14H19N. The summed E-state index contributed by atoms with van der Waals surface area (Å²) in [6.45, 7) is 4.68. The Morgan fingerprint density at radius 1 is 0.867 bits per heavy atom. The van der Waals surface area contributed by atoms with Crippen LogP contribution in [0.2, 0.25) is 0 Å². The molecular weight excluding hydrogens is 182 g/mol. The maximum Gasteiger partial charge on any atom is 0.0442 e. The van der Waals surface area contributed by atoms with Crippen molar-refractivity contribution in [3.8, 4) is 0 Å². The van der Waals surface area contributed by atoms with E-state index >= 15 is 0 Å². The Kier molecular flexibility index (Phi) is 2.08. The van der Waals surface area contributed by atoms with Crippen LogP contribution in [0, 0.1) is 0 Å². The van der Waals surface area contributed by atoms with Crippen molar-refractivity contribution in [2.24, 2.45) is 0 Å². The molecule has 0 saturated heterocycles. The van der Waals surface area contributed by atoms with Crippen LogP contribution in [0.3, 0.4) is 0 Å². The lowest BCUT2D eigenvalue weighted by atomic mass is 9.91. The van der Waals surface area contributed by atoms with Crippen molar-refractivity contribution >= 4 is 0 Å². The van der Waals surface area contributed by atoms with E-state index in [1.807, 2.05) is 0 Å². The summed E-state index contributed by atoms with van der Waals surface area (Å²) in [5.41, 5.74) is 7.76. The summed E-state index contributed by atoms with van der Waals surface area (Å²) in [6.07, 6.45) is 7.66. The SMILES string of the molecule is CC(C)c1c2c(nc3c1CCC3)CCC2. The summed E-state index contributed by atoms with van der Waals surface area (Å²) < 4.78 is 0. The van der Waals surface area contributed by atoms with Crippen molar-refractivity contribution in [2.45, 2.75) is 58.3 Å². The highest BCUT2D eigenvalue weighted by molar-refractivity contribution is 5.46.